The number of rotatable bonds is 4. The van der Waals surface area contributed by atoms with Crippen LogP contribution in [0.25, 0.3) is 11.1 Å². The largest absolute Gasteiger partial charge is 1.00 e. The van der Waals surface area contributed by atoms with Crippen molar-refractivity contribution in [2.45, 2.75) is 24.9 Å². The smallest absolute Gasteiger partial charge is 0.271 e. The Kier molecular flexibility index (Phi) is 7.96. The summed E-state index contributed by atoms with van der Waals surface area (Å²) < 4.78 is 6.89. The molecule has 0 saturated heterocycles. The molecule has 2 aromatic carbocycles. The number of hydrogen-bond acceptors (Lipinski definition) is 5. The van der Waals surface area contributed by atoms with Gasteiger partial charge in [0.1, 0.15) is 14.2 Å². The molecule has 4 aromatic rings. The van der Waals surface area contributed by atoms with Gasteiger partial charge in [-0.2, -0.15) is 4.57 Å². The minimum atomic E-state index is 0. The second-order valence-corrected chi connectivity index (χ2v) is 11.8. The van der Waals surface area contributed by atoms with Crippen LogP contribution in [0, 0.1) is 0 Å². The second kappa shape index (κ2) is 10.6. The molecule has 0 aliphatic carbocycles. The fourth-order valence-electron chi connectivity index (χ4n) is 3.77. The Morgan fingerprint density at radius 3 is 2.76 bits per heavy atom. The third kappa shape index (κ3) is 4.76. The van der Waals surface area contributed by atoms with Crippen LogP contribution in [0.15, 0.2) is 68.2 Å². The van der Waals surface area contributed by atoms with Crippen molar-refractivity contribution in [3.8, 4) is 0 Å². The molecule has 0 atom stereocenters. The van der Waals surface area contributed by atoms with E-state index in [1.165, 1.54) is 5.56 Å². The second-order valence-electron chi connectivity index (χ2n) is 7.50. The SMILES string of the molecule is CCn1c(=O)/c(=C2\Sc3cc(Cl)ccc3N2C)s/c1=C\c1scc[n+]1Cc1ccccc1Br.[Cl-]. The fraction of sp³-hybridized carbons (Fsp3) is 0.167. The molecule has 34 heavy (non-hydrogen) atoms. The maximum absolute atomic E-state index is 13.4. The van der Waals surface area contributed by atoms with Crippen LogP contribution >= 0.6 is 62.0 Å². The molecule has 2 aromatic heterocycles. The van der Waals surface area contributed by atoms with Gasteiger partial charge in [0.2, 0.25) is 0 Å². The zero-order chi connectivity index (χ0) is 23.1. The number of anilines is 1. The number of halogens is 3. The number of thiazole rings is 2. The summed E-state index contributed by atoms with van der Waals surface area (Å²) in [5.74, 6) is 0. The molecule has 0 saturated carbocycles. The van der Waals surface area contributed by atoms with Gasteiger partial charge in [0.15, 0.2) is 12.7 Å². The first-order chi connectivity index (χ1) is 16.0. The predicted molar refractivity (Wildman–Crippen MR) is 144 cm³/mol. The number of hydrogen-bond donors (Lipinski definition) is 0. The molecule has 10 heteroatoms. The van der Waals surface area contributed by atoms with Crippen molar-refractivity contribution in [1.29, 1.82) is 0 Å². The molecule has 1 aliphatic rings. The van der Waals surface area contributed by atoms with Gasteiger partial charge in [0.25, 0.3) is 10.6 Å². The third-order valence-electron chi connectivity index (χ3n) is 5.48. The van der Waals surface area contributed by atoms with Crippen LogP contribution in [0.2, 0.25) is 5.02 Å². The highest BCUT2D eigenvalue weighted by molar-refractivity contribution is 9.10. The zero-order valence-corrected chi connectivity index (χ0v) is 23.8. The summed E-state index contributed by atoms with van der Waals surface area (Å²) in [6.07, 6.45) is 4.22. The minimum absolute atomic E-state index is 0. The monoisotopic (exact) mass is 611 g/mol. The first-order valence-corrected chi connectivity index (χ1v) is 14.0. The molecule has 0 unspecified atom stereocenters. The van der Waals surface area contributed by atoms with Gasteiger partial charge in [0, 0.05) is 33.5 Å². The average molecular weight is 613 g/mol. The summed E-state index contributed by atoms with van der Waals surface area (Å²) in [5, 5.41) is 4.85. The number of aromatic nitrogens is 2. The van der Waals surface area contributed by atoms with Crippen molar-refractivity contribution >= 4 is 78.8 Å². The standard InChI is InChI=1S/C24H20BrClN3OS3.ClH/c1-3-29-21(13-20-28(10-11-31-20)14-15-6-4-5-7-17(15)25)33-22(23(29)30)24-27(2)18-9-8-16(26)12-19(18)32-24;/h4-13H,3,14H2,1-2H3;1H/q+1;/p-1/b24-22+;. The minimum Gasteiger partial charge on any atom is -1.00 e. The van der Waals surface area contributed by atoms with Gasteiger partial charge in [-0.1, -0.05) is 68.8 Å². The van der Waals surface area contributed by atoms with Crippen molar-refractivity contribution < 1.29 is 17.0 Å². The normalized spacial score (nSPS) is 14.9. The van der Waals surface area contributed by atoms with Crippen LogP contribution < -0.4 is 36.6 Å². The van der Waals surface area contributed by atoms with E-state index < -0.39 is 0 Å². The Morgan fingerprint density at radius 1 is 1.21 bits per heavy atom. The molecule has 176 valence electrons. The summed E-state index contributed by atoms with van der Waals surface area (Å²) in [6, 6.07) is 14.1. The summed E-state index contributed by atoms with van der Waals surface area (Å²) in [4.78, 5) is 16.5. The molecular formula is C24H20BrCl2N3OS3. The lowest BCUT2D eigenvalue weighted by atomic mass is 10.2. The summed E-state index contributed by atoms with van der Waals surface area (Å²) in [7, 11) is 2.01. The van der Waals surface area contributed by atoms with E-state index in [1.807, 2.05) is 42.8 Å². The highest BCUT2D eigenvalue weighted by Gasteiger charge is 2.25. The van der Waals surface area contributed by atoms with Crippen LogP contribution in [0.4, 0.5) is 5.69 Å². The van der Waals surface area contributed by atoms with Gasteiger partial charge >= 0.3 is 0 Å². The van der Waals surface area contributed by atoms with Crippen molar-refractivity contribution in [2.75, 3.05) is 11.9 Å². The van der Waals surface area contributed by atoms with Crippen molar-refractivity contribution in [3.63, 3.8) is 0 Å². The van der Waals surface area contributed by atoms with Gasteiger partial charge in [-0.15, -0.1) is 11.3 Å². The molecule has 0 spiro atoms. The molecule has 0 N–H and O–H groups in total. The molecule has 0 amide bonds. The Hall–Kier alpha value is -1.55. The fourth-order valence-corrected chi connectivity index (χ4v) is 7.78. The van der Waals surface area contributed by atoms with Crippen LogP contribution in [0.1, 0.15) is 17.5 Å². The van der Waals surface area contributed by atoms with Crippen LogP contribution in [-0.2, 0) is 13.1 Å². The Labute approximate surface area is 229 Å². The summed E-state index contributed by atoms with van der Waals surface area (Å²) in [5.41, 5.74) is 2.34. The Morgan fingerprint density at radius 2 is 2.00 bits per heavy atom. The number of fused-ring (bicyclic) bond motifs is 1. The predicted octanol–water partition coefficient (Wildman–Crippen LogP) is 1.88. The molecule has 0 bridgehead atoms. The number of benzene rings is 2. The van der Waals surface area contributed by atoms with E-state index in [0.29, 0.717) is 11.6 Å². The zero-order valence-electron chi connectivity index (χ0n) is 18.3. The summed E-state index contributed by atoms with van der Waals surface area (Å²) >= 11 is 14.7. The van der Waals surface area contributed by atoms with Crippen molar-refractivity contribution in [3.05, 3.63) is 93.7 Å². The van der Waals surface area contributed by atoms with Crippen LogP contribution in [0.5, 0.6) is 0 Å². The molecule has 5 rings (SSSR count). The molecule has 3 heterocycles. The van der Waals surface area contributed by atoms with E-state index in [4.69, 9.17) is 11.6 Å². The van der Waals surface area contributed by atoms with E-state index in [-0.39, 0.29) is 18.0 Å². The van der Waals surface area contributed by atoms with E-state index >= 15 is 0 Å². The lowest BCUT2D eigenvalue weighted by molar-refractivity contribution is -0.685. The topological polar surface area (TPSA) is 29.1 Å². The van der Waals surface area contributed by atoms with Gasteiger partial charge in [-0.05, 0) is 31.2 Å². The van der Waals surface area contributed by atoms with Crippen molar-refractivity contribution in [1.82, 2.24) is 4.57 Å². The quantitative estimate of drug-likeness (QED) is 0.330. The average Bonchev–Trinajstić information content (AvgIpc) is 3.46. The Balaban J connectivity index is 0.00000274. The van der Waals surface area contributed by atoms with Crippen molar-refractivity contribution in [2.24, 2.45) is 0 Å². The summed E-state index contributed by atoms with van der Waals surface area (Å²) in [6.45, 7) is 3.40. The van der Waals surface area contributed by atoms with E-state index in [9.17, 15) is 4.79 Å². The third-order valence-corrected chi connectivity index (χ3v) is 9.80. The molecule has 0 radical (unpaired) electrons. The Bertz CT molecular complexity index is 1540. The molecule has 4 nitrogen and oxygen atoms in total. The van der Waals surface area contributed by atoms with E-state index in [0.717, 1.165) is 40.8 Å². The van der Waals surface area contributed by atoms with E-state index in [1.54, 1.807) is 34.4 Å². The first-order valence-electron chi connectivity index (χ1n) is 10.3. The van der Waals surface area contributed by atoms with Gasteiger partial charge < -0.3 is 17.3 Å². The lowest BCUT2D eigenvalue weighted by Gasteiger charge is -2.12. The molecule has 1 aliphatic heterocycles. The van der Waals surface area contributed by atoms with Gasteiger partial charge in [0.05, 0.1) is 17.1 Å². The lowest BCUT2D eigenvalue weighted by Crippen LogP contribution is -3.00. The highest BCUT2D eigenvalue weighted by atomic mass is 79.9. The van der Waals surface area contributed by atoms with Gasteiger partial charge in [-0.3, -0.25) is 9.36 Å². The molecule has 0 fully saturated rings. The first kappa shape index (κ1) is 25.5. The number of nitrogens with zero attached hydrogens (tertiary/aromatic N) is 3. The van der Waals surface area contributed by atoms with Crippen LogP contribution in [0.3, 0.4) is 0 Å². The number of thioether (sulfide) groups is 1. The van der Waals surface area contributed by atoms with Gasteiger partial charge in [-0.25, -0.2) is 0 Å². The molecular weight excluding hydrogens is 593 g/mol. The van der Waals surface area contributed by atoms with E-state index in [2.05, 4.69) is 61.2 Å². The maximum atomic E-state index is 13.4. The highest BCUT2D eigenvalue weighted by Crippen LogP contribution is 2.46. The van der Waals surface area contributed by atoms with Crippen LogP contribution in [-0.4, -0.2) is 11.6 Å². The maximum Gasteiger partial charge on any atom is 0.271 e.